The third-order valence-corrected chi connectivity index (χ3v) is 3.88. The van der Waals surface area contributed by atoms with E-state index < -0.39 is 0 Å². The van der Waals surface area contributed by atoms with E-state index in [9.17, 15) is 0 Å². The van der Waals surface area contributed by atoms with E-state index in [1.165, 1.54) is 5.56 Å². The topological polar surface area (TPSA) is 35.2 Å². The van der Waals surface area contributed by atoms with Crippen LogP contribution in [0, 0.1) is 0 Å². The Hall–Kier alpha value is -1.03. The highest BCUT2D eigenvalue weighted by atomic mass is 79.9. The summed E-state index contributed by atoms with van der Waals surface area (Å²) in [6, 6.07) is 13.8. The Morgan fingerprint density at radius 2 is 1.85 bits per heavy atom. The van der Waals surface area contributed by atoms with Gasteiger partial charge in [-0.3, -0.25) is 0 Å². The van der Waals surface area contributed by atoms with Crippen molar-refractivity contribution in [3.05, 3.63) is 63.1 Å². The first-order chi connectivity index (χ1) is 9.58. The number of methoxy groups -OCH3 is 1. The van der Waals surface area contributed by atoms with Crippen LogP contribution in [0.5, 0.6) is 5.75 Å². The molecule has 0 saturated heterocycles. The Balaban J connectivity index is 2.05. The molecule has 0 saturated carbocycles. The van der Waals surface area contributed by atoms with Gasteiger partial charge in [0.2, 0.25) is 0 Å². The molecule has 0 aliphatic rings. The molecule has 0 radical (unpaired) electrons. The molecule has 0 aromatic heterocycles. The molecule has 1 atom stereocenters. The first kappa shape index (κ1) is 15.4. The van der Waals surface area contributed by atoms with Crippen LogP contribution in [0.3, 0.4) is 0 Å². The molecule has 1 unspecified atom stereocenters. The molecule has 2 rings (SSSR count). The molecule has 2 nitrogen and oxygen atoms in total. The predicted molar refractivity (Wildman–Crippen MR) is 87.5 cm³/mol. The molecule has 4 heteroatoms. The van der Waals surface area contributed by atoms with Crippen molar-refractivity contribution in [3.63, 3.8) is 0 Å². The SMILES string of the molecule is COc1ccc(Br)cc1CC(N)Cc1ccc(Cl)cc1. The van der Waals surface area contributed by atoms with Crippen LogP contribution in [0.25, 0.3) is 0 Å². The maximum absolute atomic E-state index is 6.25. The van der Waals surface area contributed by atoms with Crippen molar-refractivity contribution in [1.82, 2.24) is 0 Å². The first-order valence-electron chi connectivity index (χ1n) is 6.41. The van der Waals surface area contributed by atoms with Crippen molar-refractivity contribution in [2.24, 2.45) is 5.73 Å². The number of rotatable bonds is 5. The van der Waals surface area contributed by atoms with Crippen LogP contribution in [-0.4, -0.2) is 13.2 Å². The molecule has 0 aliphatic carbocycles. The highest BCUT2D eigenvalue weighted by Gasteiger charge is 2.10. The number of nitrogens with two attached hydrogens (primary N) is 1. The monoisotopic (exact) mass is 353 g/mol. The molecule has 0 spiro atoms. The standard InChI is InChI=1S/C16H17BrClNO/c1-20-16-7-4-13(17)9-12(16)10-15(19)8-11-2-5-14(18)6-3-11/h2-7,9,15H,8,10,19H2,1H3. The zero-order valence-corrected chi connectivity index (χ0v) is 13.6. The molecular formula is C16H17BrClNO. The Morgan fingerprint density at radius 3 is 2.50 bits per heavy atom. The maximum Gasteiger partial charge on any atom is 0.122 e. The molecule has 2 aromatic rings. The molecule has 106 valence electrons. The molecule has 0 aliphatic heterocycles. The van der Waals surface area contributed by atoms with Gasteiger partial charge in [-0.25, -0.2) is 0 Å². The lowest BCUT2D eigenvalue weighted by Gasteiger charge is -2.15. The molecule has 2 N–H and O–H groups in total. The number of hydrogen-bond acceptors (Lipinski definition) is 2. The van der Waals surface area contributed by atoms with E-state index >= 15 is 0 Å². The minimum absolute atomic E-state index is 0.0411. The van der Waals surface area contributed by atoms with Crippen LogP contribution >= 0.6 is 27.5 Å². The van der Waals surface area contributed by atoms with E-state index in [4.69, 9.17) is 22.1 Å². The van der Waals surface area contributed by atoms with E-state index in [-0.39, 0.29) is 6.04 Å². The number of hydrogen-bond donors (Lipinski definition) is 1. The lowest BCUT2D eigenvalue weighted by molar-refractivity contribution is 0.407. The van der Waals surface area contributed by atoms with Gasteiger partial charge in [-0.1, -0.05) is 39.7 Å². The molecule has 0 bridgehead atoms. The van der Waals surface area contributed by atoms with Gasteiger partial charge < -0.3 is 10.5 Å². The van der Waals surface area contributed by atoms with Crippen molar-refractivity contribution in [3.8, 4) is 5.75 Å². The fraction of sp³-hybridized carbons (Fsp3) is 0.250. The first-order valence-corrected chi connectivity index (χ1v) is 7.58. The fourth-order valence-electron chi connectivity index (χ4n) is 2.18. The van der Waals surface area contributed by atoms with Gasteiger partial charge >= 0.3 is 0 Å². The predicted octanol–water partition coefficient (Wildman–Crippen LogP) is 4.22. The molecule has 0 heterocycles. The number of halogens is 2. The third kappa shape index (κ3) is 4.23. The Morgan fingerprint density at radius 1 is 1.15 bits per heavy atom. The smallest absolute Gasteiger partial charge is 0.122 e. The lowest BCUT2D eigenvalue weighted by Crippen LogP contribution is -2.25. The van der Waals surface area contributed by atoms with Gasteiger partial charge in [0.15, 0.2) is 0 Å². The zero-order valence-electron chi connectivity index (χ0n) is 11.3. The summed E-state index contributed by atoms with van der Waals surface area (Å²) in [6.07, 6.45) is 1.58. The highest BCUT2D eigenvalue weighted by Crippen LogP contribution is 2.24. The molecule has 0 fully saturated rings. The Labute approximate surface area is 133 Å². The Bertz CT molecular complexity index is 571. The summed E-state index contributed by atoms with van der Waals surface area (Å²) in [5.74, 6) is 0.875. The Kier molecular flexibility index (Phi) is 5.46. The van der Waals surface area contributed by atoms with E-state index in [1.54, 1.807) is 7.11 Å². The second-order valence-corrected chi connectivity index (χ2v) is 6.10. The van der Waals surface area contributed by atoms with Gasteiger partial charge in [0, 0.05) is 15.5 Å². The molecular weight excluding hydrogens is 338 g/mol. The van der Waals surface area contributed by atoms with Crippen LogP contribution in [0.1, 0.15) is 11.1 Å². The quantitative estimate of drug-likeness (QED) is 0.872. The summed E-state index contributed by atoms with van der Waals surface area (Å²) >= 11 is 9.36. The summed E-state index contributed by atoms with van der Waals surface area (Å²) < 4.78 is 6.41. The van der Waals surface area contributed by atoms with Crippen LogP contribution in [0.4, 0.5) is 0 Å². The highest BCUT2D eigenvalue weighted by molar-refractivity contribution is 9.10. The van der Waals surface area contributed by atoms with Gasteiger partial charge in [0.25, 0.3) is 0 Å². The van der Waals surface area contributed by atoms with Crippen LogP contribution < -0.4 is 10.5 Å². The van der Waals surface area contributed by atoms with Crippen LogP contribution in [0.2, 0.25) is 5.02 Å². The van der Waals surface area contributed by atoms with Crippen LogP contribution in [0.15, 0.2) is 46.9 Å². The van der Waals surface area contributed by atoms with E-state index in [0.717, 1.165) is 33.6 Å². The summed E-state index contributed by atoms with van der Waals surface area (Å²) in [5, 5.41) is 0.746. The number of benzene rings is 2. The van der Waals surface area contributed by atoms with Gasteiger partial charge in [-0.15, -0.1) is 0 Å². The van der Waals surface area contributed by atoms with Gasteiger partial charge in [0.1, 0.15) is 5.75 Å². The summed E-state index contributed by atoms with van der Waals surface area (Å²) in [4.78, 5) is 0. The minimum atomic E-state index is 0.0411. The van der Waals surface area contributed by atoms with E-state index in [0.29, 0.717) is 0 Å². The van der Waals surface area contributed by atoms with Gasteiger partial charge in [0.05, 0.1) is 7.11 Å². The summed E-state index contributed by atoms with van der Waals surface area (Å²) in [5.41, 5.74) is 8.55. The second-order valence-electron chi connectivity index (χ2n) is 4.75. The van der Waals surface area contributed by atoms with Crippen LogP contribution in [-0.2, 0) is 12.8 Å². The van der Waals surface area contributed by atoms with Crippen molar-refractivity contribution in [2.75, 3.05) is 7.11 Å². The molecule has 0 amide bonds. The largest absolute Gasteiger partial charge is 0.496 e. The van der Waals surface area contributed by atoms with E-state index in [1.807, 2.05) is 36.4 Å². The third-order valence-electron chi connectivity index (χ3n) is 3.14. The van der Waals surface area contributed by atoms with Crippen molar-refractivity contribution in [2.45, 2.75) is 18.9 Å². The lowest BCUT2D eigenvalue weighted by atomic mass is 9.99. The minimum Gasteiger partial charge on any atom is -0.496 e. The number of ether oxygens (including phenoxy) is 1. The van der Waals surface area contributed by atoms with Gasteiger partial charge in [-0.05, 0) is 54.3 Å². The van der Waals surface area contributed by atoms with Crippen molar-refractivity contribution < 1.29 is 4.74 Å². The van der Waals surface area contributed by atoms with Crippen molar-refractivity contribution in [1.29, 1.82) is 0 Å². The summed E-state index contributed by atoms with van der Waals surface area (Å²) in [6.45, 7) is 0. The second kappa shape index (κ2) is 7.11. The zero-order chi connectivity index (χ0) is 14.5. The molecule has 2 aromatic carbocycles. The average Bonchev–Trinajstić information content (AvgIpc) is 2.41. The normalized spacial score (nSPS) is 12.2. The maximum atomic E-state index is 6.25. The molecule has 20 heavy (non-hydrogen) atoms. The fourth-order valence-corrected chi connectivity index (χ4v) is 2.72. The van der Waals surface area contributed by atoms with Crippen molar-refractivity contribution >= 4 is 27.5 Å². The summed E-state index contributed by atoms with van der Waals surface area (Å²) in [7, 11) is 1.68. The average molecular weight is 355 g/mol. The van der Waals surface area contributed by atoms with E-state index in [2.05, 4.69) is 22.0 Å². The van der Waals surface area contributed by atoms with Gasteiger partial charge in [-0.2, -0.15) is 0 Å².